The van der Waals surface area contributed by atoms with Gasteiger partial charge in [-0.2, -0.15) is 0 Å². The summed E-state index contributed by atoms with van der Waals surface area (Å²) in [5.41, 5.74) is 2.68. The van der Waals surface area contributed by atoms with Gasteiger partial charge in [0, 0.05) is 10.0 Å². The summed E-state index contributed by atoms with van der Waals surface area (Å²) < 4.78 is 25.0. The Morgan fingerprint density at radius 1 is 1.09 bits per heavy atom. The van der Waals surface area contributed by atoms with Crippen molar-refractivity contribution in [2.45, 2.75) is 19.0 Å². The Labute approximate surface area is 203 Å². The van der Waals surface area contributed by atoms with E-state index in [1.165, 1.54) is 4.90 Å². The lowest BCUT2D eigenvalue weighted by atomic mass is 10.1. The van der Waals surface area contributed by atoms with Crippen LogP contribution in [0.1, 0.15) is 17.5 Å². The minimum absolute atomic E-state index is 0.0419. The van der Waals surface area contributed by atoms with Crippen LogP contribution in [0.5, 0.6) is 0 Å². The Bertz CT molecular complexity index is 1310. The van der Waals surface area contributed by atoms with Crippen LogP contribution in [-0.2, 0) is 26.0 Å². The SMILES string of the molecule is O=C1C(=C2SC(=S)N(C3CCS(=O)(=O)C3)C2=O)c2cc(Br)ccc2N1Cc1ccccc1. The van der Waals surface area contributed by atoms with Crippen LogP contribution in [0.3, 0.4) is 0 Å². The van der Waals surface area contributed by atoms with Crippen molar-refractivity contribution >= 4 is 77.1 Å². The summed E-state index contributed by atoms with van der Waals surface area (Å²) in [6.07, 6.45) is 0.355. The number of rotatable bonds is 3. The smallest absolute Gasteiger partial charge is 0.267 e. The first-order chi connectivity index (χ1) is 15.2. The zero-order valence-corrected chi connectivity index (χ0v) is 20.7. The minimum Gasteiger partial charge on any atom is -0.303 e. The van der Waals surface area contributed by atoms with E-state index < -0.39 is 21.8 Å². The van der Waals surface area contributed by atoms with Crippen molar-refractivity contribution in [1.29, 1.82) is 0 Å². The van der Waals surface area contributed by atoms with E-state index in [1.54, 1.807) is 4.90 Å². The number of sulfone groups is 1. The summed E-state index contributed by atoms with van der Waals surface area (Å²) in [6.45, 7) is 0.374. The van der Waals surface area contributed by atoms with E-state index in [2.05, 4.69) is 15.9 Å². The van der Waals surface area contributed by atoms with Crippen molar-refractivity contribution in [2.75, 3.05) is 16.4 Å². The van der Waals surface area contributed by atoms with E-state index in [0.29, 0.717) is 28.4 Å². The maximum Gasteiger partial charge on any atom is 0.267 e. The number of nitrogens with zero attached hydrogens (tertiary/aromatic N) is 2. The maximum atomic E-state index is 13.6. The number of thiocarbonyl (C=S) groups is 1. The molecule has 10 heteroatoms. The molecule has 0 radical (unpaired) electrons. The van der Waals surface area contributed by atoms with Crippen LogP contribution in [0.15, 0.2) is 57.9 Å². The van der Waals surface area contributed by atoms with Crippen LogP contribution >= 0.6 is 39.9 Å². The molecule has 2 aromatic rings. The van der Waals surface area contributed by atoms with Crippen molar-refractivity contribution in [3.63, 3.8) is 0 Å². The fraction of sp³-hybridized carbons (Fsp3) is 0.227. The van der Waals surface area contributed by atoms with Crippen molar-refractivity contribution in [1.82, 2.24) is 4.90 Å². The zero-order valence-electron chi connectivity index (χ0n) is 16.7. The van der Waals surface area contributed by atoms with Gasteiger partial charge in [0.25, 0.3) is 11.8 Å². The van der Waals surface area contributed by atoms with Crippen molar-refractivity contribution < 1.29 is 18.0 Å². The highest BCUT2D eigenvalue weighted by Gasteiger charge is 2.46. The molecule has 1 atom stereocenters. The van der Waals surface area contributed by atoms with Crippen LogP contribution in [0.25, 0.3) is 5.57 Å². The summed E-state index contributed by atoms with van der Waals surface area (Å²) >= 11 is 9.99. The van der Waals surface area contributed by atoms with E-state index in [4.69, 9.17) is 12.2 Å². The van der Waals surface area contributed by atoms with Gasteiger partial charge in [-0.25, -0.2) is 8.42 Å². The average Bonchev–Trinajstić information content (AvgIpc) is 3.33. The lowest BCUT2D eigenvalue weighted by Gasteiger charge is -2.21. The van der Waals surface area contributed by atoms with Crippen LogP contribution < -0.4 is 4.90 Å². The van der Waals surface area contributed by atoms with Crippen molar-refractivity contribution in [3.05, 3.63) is 69.0 Å². The molecule has 6 nitrogen and oxygen atoms in total. The number of hydrogen-bond acceptors (Lipinski definition) is 6. The van der Waals surface area contributed by atoms with Crippen LogP contribution in [-0.4, -0.2) is 47.0 Å². The molecule has 0 aromatic heterocycles. The number of halogens is 1. The lowest BCUT2D eigenvalue weighted by molar-refractivity contribution is -0.123. The predicted molar refractivity (Wildman–Crippen MR) is 133 cm³/mol. The molecular formula is C22H17BrN2O4S3. The Hall–Kier alpha value is -2.01. The van der Waals surface area contributed by atoms with E-state index >= 15 is 0 Å². The molecule has 0 saturated carbocycles. The third-order valence-corrected chi connectivity index (χ3v) is 9.41. The summed E-state index contributed by atoms with van der Waals surface area (Å²) in [7, 11) is -3.18. The topological polar surface area (TPSA) is 74.8 Å². The molecule has 5 rings (SSSR count). The third-order valence-electron chi connectivity index (χ3n) is 5.76. The lowest BCUT2D eigenvalue weighted by Crippen LogP contribution is -2.39. The maximum absolute atomic E-state index is 13.6. The molecule has 164 valence electrons. The molecule has 0 spiro atoms. The largest absolute Gasteiger partial charge is 0.303 e. The normalized spacial score (nSPS) is 24.5. The van der Waals surface area contributed by atoms with Gasteiger partial charge in [0.1, 0.15) is 4.32 Å². The zero-order chi connectivity index (χ0) is 22.6. The van der Waals surface area contributed by atoms with Gasteiger partial charge in [-0.3, -0.25) is 14.5 Å². The van der Waals surface area contributed by atoms with Gasteiger partial charge in [-0.05, 0) is 30.2 Å². The van der Waals surface area contributed by atoms with Gasteiger partial charge in [-0.15, -0.1) is 0 Å². The fourth-order valence-corrected chi connectivity index (χ4v) is 7.80. The molecule has 2 saturated heterocycles. The molecule has 32 heavy (non-hydrogen) atoms. The summed E-state index contributed by atoms with van der Waals surface area (Å²) in [4.78, 5) is 30.3. The fourth-order valence-electron chi connectivity index (χ4n) is 4.27. The first-order valence-electron chi connectivity index (χ1n) is 9.91. The number of carbonyl (C=O) groups is 2. The summed E-state index contributed by atoms with van der Waals surface area (Å²) in [6, 6.07) is 14.7. The molecule has 0 N–H and O–H groups in total. The molecule has 0 bridgehead atoms. The number of fused-ring (bicyclic) bond motifs is 1. The Balaban J connectivity index is 1.57. The van der Waals surface area contributed by atoms with E-state index in [0.717, 1.165) is 27.5 Å². The number of hydrogen-bond donors (Lipinski definition) is 0. The summed E-state index contributed by atoms with van der Waals surface area (Å²) in [5, 5.41) is 0. The Kier molecular flexibility index (Phi) is 5.51. The quantitative estimate of drug-likeness (QED) is 0.429. The Morgan fingerprint density at radius 3 is 2.53 bits per heavy atom. The number of carbonyl (C=O) groups excluding carboxylic acids is 2. The number of benzene rings is 2. The summed E-state index contributed by atoms with van der Waals surface area (Å²) in [5.74, 6) is -0.710. The van der Waals surface area contributed by atoms with Gasteiger partial charge < -0.3 is 4.90 Å². The van der Waals surface area contributed by atoms with Crippen LogP contribution in [0.4, 0.5) is 5.69 Å². The second-order valence-electron chi connectivity index (χ2n) is 7.84. The monoisotopic (exact) mass is 548 g/mol. The predicted octanol–water partition coefficient (Wildman–Crippen LogP) is 3.75. The minimum atomic E-state index is -3.18. The van der Waals surface area contributed by atoms with Crippen molar-refractivity contribution in [2.24, 2.45) is 0 Å². The van der Waals surface area contributed by atoms with Gasteiger partial charge in [-0.1, -0.05) is 70.2 Å². The molecule has 2 amide bonds. The van der Waals surface area contributed by atoms with Gasteiger partial charge >= 0.3 is 0 Å². The first-order valence-corrected chi connectivity index (χ1v) is 13.7. The molecule has 3 aliphatic heterocycles. The molecule has 3 heterocycles. The van der Waals surface area contributed by atoms with E-state index in [1.807, 2.05) is 48.5 Å². The second kappa shape index (κ2) is 8.09. The molecule has 0 aliphatic carbocycles. The van der Waals surface area contributed by atoms with Gasteiger partial charge in [0.05, 0.1) is 40.3 Å². The molecule has 2 fully saturated rings. The third kappa shape index (κ3) is 3.72. The first kappa shape index (κ1) is 21.8. The molecular weight excluding hydrogens is 532 g/mol. The van der Waals surface area contributed by atoms with Crippen LogP contribution in [0.2, 0.25) is 0 Å². The van der Waals surface area contributed by atoms with E-state index in [9.17, 15) is 18.0 Å². The average molecular weight is 549 g/mol. The van der Waals surface area contributed by atoms with Crippen LogP contribution in [0, 0.1) is 0 Å². The molecule has 2 aromatic carbocycles. The van der Waals surface area contributed by atoms with E-state index in [-0.39, 0.29) is 22.3 Å². The van der Waals surface area contributed by atoms with Gasteiger partial charge in [0.15, 0.2) is 9.84 Å². The van der Waals surface area contributed by atoms with Crippen molar-refractivity contribution in [3.8, 4) is 0 Å². The molecule has 3 aliphatic rings. The standard InChI is InChI=1S/C22H17BrN2O4S3/c23-14-6-7-17-16(10-14)18(20(26)24(17)11-13-4-2-1-3-5-13)19-21(27)25(22(30)31-19)15-8-9-32(28,29)12-15/h1-7,10,15H,8-9,11-12H2. The molecule has 1 unspecified atom stereocenters. The van der Waals surface area contributed by atoms with Gasteiger partial charge in [0.2, 0.25) is 0 Å². The highest BCUT2D eigenvalue weighted by atomic mass is 79.9. The number of amides is 2. The number of thioether (sulfide) groups is 1. The Morgan fingerprint density at radius 2 is 1.84 bits per heavy atom. The number of anilines is 1. The highest BCUT2D eigenvalue weighted by molar-refractivity contribution is 9.10. The second-order valence-corrected chi connectivity index (χ2v) is 12.6. The highest BCUT2D eigenvalue weighted by Crippen LogP contribution is 2.46.